The van der Waals surface area contributed by atoms with E-state index in [0.29, 0.717) is 29.2 Å². The van der Waals surface area contributed by atoms with Crippen LogP contribution in [0.2, 0.25) is 5.02 Å². The number of amides is 1. The molecule has 2 heterocycles. The molecule has 0 spiro atoms. The highest BCUT2D eigenvalue weighted by molar-refractivity contribution is 7.92. The van der Waals surface area contributed by atoms with Crippen LogP contribution in [0.3, 0.4) is 0 Å². The number of carbonyl (C=O) groups excluding carboxylic acids is 1. The molecule has 1 aromatic carbocycles. The van der Waals surface area contributed by atoms with Crippen molar-refractivity contribution >= 4 is 38.9 Å². The highest BCUT2D eigenvalue weighted by Crippen LogP contribution is 2.30. The second-order valence-electron chi connectivity index (χ2n) is 6.72. The normalized spacial score (nSPS) is 11.3. The van der Waals surface area contributed by atoms with Crippen LogP contribution in [0.25, 0.3) is 11.4 Å². The van der Waals surface area contributed by atoms with E-state index in [-0.39, 0.29) is 16.5 Å². The lowest BCUT2D eigenvalue weighted by Crippen LogP contribution is -2.13. The Morgan fingerprint density at radius 3 is 2.61 bits per heavy atom. The van der Waals surface area contributed by atoms with Crippen LogP contribution in [0.5, 0.6) is 5.75 Å². The minimum atomic E-state index is -3.51. The maximum Gasteiger partial charge on any atom is 0.257 e. The lowest BCUT2D eigenvalue weighted by Gasteiger charge is -2.09. The van der Waals surface area contributed by atoms with Gasteiger partial charge in [-0.3, -0.25) is 9.52 Å². The van der Waals surface area contributed by atoms with E-state index in [0.717, 1.165) is 12.5 Å². The summed E-state index contributed by atoms with van der Waals surface area (Å²) in [5.74, 6) is -0.713. The number of pyridine rings is 1. The van der Waals surface area contributed by atoms with Gasteiger partial charge in [-0.15, -0.1) is 0 Å². The largest absolute Gasteiger partial charge is 0.491 e. The van der Waals surface area contributed by atoms with Crippen molar-refractivity contribution < 1.29 is 22.3 Å². The minimum absolute atomic E-state index is 0.218. The van der Waals surface area contributed by atoms with Crippen LogP contribution in [0, 0.1) is 5.82 Å². The van der Waals surface area contributed by atoms with Crippen molar-refractivity contribution in [3.63, 3.8) is 0 Å². The van der Waals surface area contributed by atoms with Gasteiger partial charge in [0.25, 0.3) is 5.91 Å². The zero-order valence-corrected chi connectivity index (χ0v) is 18.5. The summed E-state index contributed by atoms with van der Waals surface area (Å²) in [5.41, 5.74) is 1.79. The fraction of sp³-hybridized carbons (Fsp3) is 0.200. The molecule has 0 aliphatic carbocycles. The van der Waals surface area contributed by atoms with Gasteiger partial charge in [-0.2, -0.15) is 0 Å². The fourth-order valence-electron chi connectivity index (χ4n) is 2.94. The van der Waals surface area contributed by atoms with Crippen LogP contribution in [0.15, 0.2) is 42.7 Å². The number of anilines is 2. The van der Waals surface area contributed by atoms with E-state index in [4.69, 9.17) is 16.3 Å². The molecule has 2 N–H and O–H groups in total. The molecule has 2 aromatic heterocycles. The summed E-state index contributed by atoms with van der Waals surface area (Å²) < 4.78 is 45.9. The summed E-state index contributed by atoms with van der Waals surface area (Å²) in [7, 11) is -1.78. The van der Waals surface area contributed by atoms with Crippen LogP contribution < -0.4 is 14.8 Å². The van der Waals surface area contributed by atoms with Gasteiger partial charge in [-0.25, -0.2) is 17.8 Å². The van der Waals surface area contributed by atoms with Crippen LogP contribution in [0.4, 0.5) is 15.8 Å². The van der Waals surface area contributed by atoms with Crippen molar-refractivity contribution in [3.05, 3.63) is 59.1 Å². The van der Waals surface area contributed by atoms with E-state index in [9.17, 15) is 17.6 Å². The molecule has 0 unspecified atom stereocenters. The van der Waals surface area contributed by atoms with Gasteiger partial charge in [0.1, 0.15) is 17.3 Å². The molecular weight excluding hydrogens is 447 g/mol. The van der Waals surface area contributed by atoms with Gasteiger partial charge in [0, 0.05) is 30.0 Å². The number of aromatic nitrogens is 2. The van der Waals surface area contributed by atoms with Crippen molar-refractivity contribution in [2.24, 2.45) is 7.05 Å². The second-order valence-corrected chi connectivity index (χ2v) is 8.90. The fourth-order valence-corrected chi connectivity index (χ4v) is 3.72. The highest BCUT2D eigenvalue weighted by atomic mass is 35.5. The molecule has 0 aliphatic heterocycles. The SMILES string of the molecule is CCOc1cc(F)cnc1-c1cc(C(=O)Nc2cc(Cl)cc(NS(C)(=O)=O)c2)cn1C. The Bertz CT molecular complexity index is 1240. The van der Waals surface area contributed by atoms with Crippen molar-refractivity contribution in [2.45, 2.75) is 6.92 Å². The third-order valence-corrected chi connectivity index (χ3v) is 4.91. The smallest absolute Gasteiger partial charge is 0.257 e. The third-order valence-electron chi connectivity index (χ3n) is 4.09. The van der Waals surface area contributed by atoms with E-state index in [1.807, 2.05) is 0 Å². The monoisotopic (exact) mass is 466 g/mol. The molecule has 31 heavy (non-hydrogen) atoms. The molecule has 0 saturated carbocycles. The number of sulfonamides is 1. The van der Waals surface area contributed by atoms with Crippen molar-refractivity contribution in [3.8, 4) is 17.1 Å². The molecule has 0 saturated heterocycles. The summed E-state index contributed by atoms with van der Waals surface area (Å²) in [6, 6.07) is 7.20. The quantitative estimate of drug-likeness (QED) is 0.549. The molecule has 0 fully saturated rings. The molecule has 164 valence electrons. The number of benzene rings is 1. The van der Waals surface area contributed by atoms with Crippen LogP contribution in [0.1, 0.15) is 17.3 Å². The Labute approximate surface area is 184 Å². The Morgan fingerprint density at radius 1 is 1.23 bits per heavy atom. The maximum absolute atomic E-state index is 13.6. The van der Waals surface area contributed by atoms with E-state index in [2.05, 4.69) is 15.0 Å². The van der Waals surface area contributed by atoms with E-state index < -0.39 is 21.7 Å². The molecular formula is C20H20ClFN4O4S. The maximum atomic E-state index is 13.6. The number of halogens is 2. The summed E-state index contributed by atoms with van der Waals surface area (Å²) in [6.07, 6.45) is 3.68. The number of hydrogen-bond acceptors (Lipinski definition) is 5. The predicted molar refractivity (Wildman–Crippen MR) is 118 cm³/mol. The van der Waals surface area contributed by atoms with Gasteiger partial charge in [0.05, 0.1) is 36.0 Å². The zero-order valence-electron chi connectivity index (χ0n) is 16.9. The Morgan fingerprint density at radius 2 is 1.94 bits per heavy atom. The first-order chi connectivity index (χ1) is 14.6. The highest BCUT2D eigenvalue weighted by Gasteiger charge is 2.17. The molecule has 0 bridgehead atoms. The molecule has 8 nitrogen and oxygen atoms in total. The summed E-state index contributed by atoms with van der Waals surface area (Å²) >= 11 is 6.03. The van der Waals surface area contributed by atoms with E-state index in [1.165, 1.54) is 24.3 Å². The first-order valence-corrected chi connectivity index (χ1v) is 11.4. The summed E-state index contributed by atoms with van der Waals surface area (Å²) in [4.78, 5) is 16.9. The van der Waals surface area contributed by atoms with Gasteiger partial charge in [-0.05, 0) is 31.2 Å². The Hall–Kier alpha value is -3.11. The van der Waals surface area contributed by atoms with E-state index in [1.54, 1.807) is 30.8 Å². The topological polar surface area (TPSA) is 102 Å². The Kier molecular flexibility index (Phi) is 6.51. The van der Waals surface area contributed by atoms with Crippen LogP contribution in [-0.2, 0) is 17.1 Å². The zero-order chi connectivity index (χ0) is 22.8. The number of aryl methyl sites for hydroxylation is 1. The van der Waals surface area contributed by atoms with Gasteiger partial charge in [0.2, 0.25) is 10.0 Å². The molecule has 0 atom stereocenters. The number of ether oxygens (including phenoxy) is 1. The third kappa shape index (κ3) is 5.74. The first kappa shape index (κ1) is 22.6. The average Bonchev–Trinajstić information content (AvgIpc) is 3.02. The van der Waals surface area contributed by atoms with Gasteiger partial charge < -0.3 is 14.6 Å². The molecule has 0 radical (unpaired) electrons. The van der Waals surface area contributed by atoms with Crippen molar-refractivity contribution in [1.82, 2.24) is 9.55 Å². The lowest BCUT2D eigenvalue weighted by atomic mass is 10.2. The lowest BCUT2D eigenvalue weighted by molar-refractivity contribution is 0.102. The van der Waals surface area contributed by atoms with Gasteiger partial charge in [-0.1, -0.05) is 11.6 Å². The van der Waals surface area contributed by atoms with Crippen LogP contribution >= 0.6 is 11.6 Å². The average molecular weight is 467 g/mol. The van der Waals surface area contributed by atoms with E-state index >= 15 is 0 Å². The molecule has 3 aromatic rings. The number of hydrogen-bond donors (Lipinski definition) is 2. The molecule has 1 amide bonds. The molecule has 11 heteroatoms. The van der Waals surface area contributed by atoms with Gasteiger partial charge >= 0.3 is 0 Å². The molecule has 0 aliphatic rings. The number of rotatable bonds is 7. The van der Waals surface area contributed by atoms with Crippen molar-refractivity contribution in [2.75, 3.05) is 22.9 Å². The van der Waals surface area contributed by atoms with Gasteiger partial charge in [0.15, 0.2) is 0 Å². The number of nitrogens with one attached hydrogen (secondary N) is 2. The number of carbonyl (C=O) groups is 1. The first-order valence-electron chi connectivity index (χ1n) is 9.10. The summed E-state index contributed by atoms with van der Waals surface area (Å²) in [5, 5.41) is 2.93. The predicted octanol–water partition coefficient (Wildman–Crippen LogP) is 3.90. The standard InChI is InChI=1S/C20H20ClFN4O4S/c1-4-30-18-8-14(22)10-23-19(18)17-5-12(11-26(17)2)20(27)24-15-6-13(21)7-16(9-15)25-31(3,28)29/h5-11,25H,4H2,1-3H3,(H,24,27). The van der Waals surface area contributed by atoms with Crippen molar-refractivity contribution in [1.29, 1.82) is 0 Å². The van der Waals surface area contributed by atoms with Crippen LogP contribution in [-0.4, -0.2) is 36.7 Å². The Balaban J connectivity index is 1.89. The molecule has 3 rings (SSSR count). The number of nitrogens with zero attached hydrogens (tertiary/aromatic N) is 2. The minimum Gasteiger partial charge on any atom is -0.491 e. The summed E-state index contributed by atoms with van der Waals surface area (Å²) in [6.45, 7) is 2.10. The second kappa shape index (κ2) is 8.94.